The number of fused-ring (bicyclic) bond motifs is 1. The molecule has 2 aromatic rings. The molecule has 0 aromatic heterocycles. The third-order valence-corrected chi connectivity index (χ3v) is 6.64. The fourth-order valence-corrected chi connectivity index (χ4v) is 4.24. The summed E-state index contributed by atoms with van der Waals surface area (Å²) in [6.45, 7) is 3.72. The van der Waals surface area contributed by atoms with Crippen LogP contribution < -0.4 is 20.1 Å². The van der Waals surface area contributed by atoms with E-state index in [1.165, 1.54) is 0 Å². The van der Waals surface area contributed by atoms with E-state index >= 15 is 0 Å². The fourth-order valence-electron chi connectivity index (χ4n) is 3.78. The van der Waals surface area contributed by atoms with E-state index in [4.69, 9.17) is 9.47 Å². The van der Waals surface area contributed by atoms with E-state index in [9.17, 15) is 9.59 Å². The molecule has 0 unspecified atom stereocenters. The Labute approximate surface area is 186 Å². The second-order valence-corrected chi connectivity index (χ2v) is 8.96. The van der Waals surface area contributed by atoms with E-state index in [1.807, 2.05) is 55.6 Å². The first-order valence-corrected chi connectivity index (χ1v) is 11.6. The van der Waals surface area contributed by atoms with Gasteiger partial charge in [-0.25, -0.2) is 4.79 Å². The second kappa shape index (κ2) is 9.09. The quantitative estimate of drug-likeness (QED) is 0.684. The smallest absolute Gasteiger partial charge is 0.321 e. The Hall–Kier alpha value is -2.87. The van der Waals surface area contributed by atoms with Crippen molar-refractivity contribution < 1.29 is 19.1 Å². The largest absolute Gasteiger partial charge is 0.454 e. The number of piperidine rings is 1. The topological polar surface area (TPSA) is 79.9 Å². The fraction of sp³-hybridized carbons (Fsp3) is 0.391. The SMILES string of the molecule is CSc1cccc(NC(=O)N2CCC(C)(C(=O)NCc3ccc4c(c3)OCO4)CC2)c1. The first kappa shape index (κ1) is 21.4. The summed E-state index contributed by atoms with van der Waals surface area (Å²) in [5.41, 5.74) is 1.25. The summed E-state index contributed by atoms with van der Waals surface area (Å²) in [5.74, 6) is 1.45. The molecular weight excluding hydrogens is 414 g/mol. The molecule has 31 heavy (non-hydrogen) atoms. The number of carbonyl (C=O) groups is 2. The molecule has 0 bridgehead atoms. The van der Waals surface area contributed by atoms with Crippen LogP contribution >= 0.6 is 11.8 Å². The highest BCUT2D eigenvalue weighted by Gasteiger charge is 2.38. The van der Waals surface area contributed by atoms with Gasteiger partial charge in [0.25, 0.3) is 0 Å². The molecule has 2 aliphatic heterocycles. The van der Waals surface area contributed by atoms with Crippen LogP contribution in [0.5, 0.6) is 11.5 Å². The maximum Gasteiger partial charge on any atom is 0.321 e. The van der Waals surface area contributed by atoms with Crippen LogP contribution in [0.25, 0.3) is 0 Å². The van der Waals surface area contributed by atoms with Gasteiger partial charge in [0.2, 0.25) is 12.7 Å². The molecule has 4 rings (SSSR count). The number of amides is 3. The van der Waals surface area contributed by atoms with E-state index in [1.54, 1.807) is 16.7 Å². The third-order valence-electron chi connectivity index (χ3n) is 5.91. The molecule has 0 aliphatic carbocycles. The van der Waals surface area contributed by atoms with E-state index in [0.29, 0.717) is 38.2 Å². The van der Waals surface area contributed by atoms with Gasteiger partial charge in [0.05, 0.1) is 0 Å². The summed E-state index contributed by atoms with van der Waals surface area (Å²) in [6.07, 6.45) is 3.25. The molecule has 0 saturated carbocycles. The van der Waals surface area contributed by atoms with E-state index in [-0.39, 0.29) is 18.7 Å². The summed E-state index contributed by atoms with van der Waals surface area (Å²) in [7, 11) is 0. The highest BCUT2D eigenvalue weighted by Crippen LogP contribution is 2.34. The first-order chi connectivity index (χ1) is 15.0. The van der Waals surface area contributed by atoms with Crippen LogP contribution in [0.1, 0.15) is 25.3 Å². The molecule has 3 amide bonds. The van der Waals surface area contributed by atoms with Crippen LogP contribution in [-0.4, -0.2) is 43.0 Å². The van der Waals surface area contributed by atoms with Crippen molar-refractivity contribution in [1.82, 2.24) is 10.2 Å². The predicted molar refractivity (Wildman–Crippen MR) is 121 cm³/mol. The van der Waals surface area contributed by atoms with Gasteiger partial charge in [-0.3, -0.25) is 4.79 Å². The summed E-state index contributed by atoms with van der Waals surface area (Å²) < 4.78 is 10.7. The zero-order valence-corrected chi connectivity index (χ0v) is 18.6. The van der Waals surface area contributed by atoms with Crippen molar-refractivity contribution in [2.45, 2.75) is 31.2 Å². The lowest BCUT2D eigenvalue weighted by Gasteiger charge is -2.38. The number of benzene rings is 2. The van der Waals surface area contributed by atoms with E-state index in [2.05, 4.69) is 10.6 Å². The summed E-state index contributed by atoms with van der Waals surface area (Å²) in [6, 6.07) is 13.3. The monoisotopic (exact) mass is 441 g/mol. The molecule has 1 fully saturated rings. The van der Waals surface area contributed by atoms with Gasteiger partial charge < -0.3 is 25.0 Å². The highest BCUT2D eigenvalue weighted by molar-refractivity contribution is 7.98. The standard InChI is InChI=1S/C23H27N3O4S/c1-23(21(27)24-14-16-6-7-19-20(12-16)30-15-29-19)8-10-26(11-9-23)22(28)25-17-4-3-5-18(13-17)31-2/h3-7,12-13H,8-11,14-15H2,1-2H3,(H,24,27)(H,25,28). The summed E-state index contributed by atoms with van der Waals surface area (Å²) in [4.78, 5) is 28.4. The van der Waals surface area contributed by atoms with Gasteiger partial charge in [0.1, 0.15) is 0 Å². The van der Waals surface area contributed by atoms with Crippen molar-refractivity contribution >= 4 is 29.4 Å². The minimum Gasteiger partial charge on any atom is -0.454 e. The lowest BCUT2D eigenvalue weighted by atomic mass is 9.79. The normalized spacial score (nSPS) is 16.6. The van der Waals surface area contributed by atoms with Crippen LogP contribution in [-0.2, 0) is 11.3 Å². The molecule has 2 aliphatic rings. The lowest BCUT2D eigenvalue weighted by Crippen LogP contribution is -2.49. The molecule has 164 valence electrons. The van der Waals surface area contributed by atoms with Crippen LogP contribution in [0.15, 0.2) is 47.4 Å². The molecule has 0 spiro atoms. The Morgan fingerprint density at radius 2 is 1.87 bits per heavy atom. The second-order valence-electron chi connectivity index (χ2n) is 8.08. The Morgan fingerprint density at radius 3 is 2.65 bits per heavy atom. The van der Waals surface area contributed by atoms with Crippen molar-refractivity contribution in [3.63, 3.8) is 0 Å². The number of nitrogens with zero attached hydrogens (tertiary/aromatic N) is 1. The number of thioether (sulfide) groups is 1. The minimum absolute atomic E-state index is 0.0119. The van der Waals surface area contributed by atoms with Crippen molar-refractivity contribution in [2.75, 3.05) is 31.5 Å². The Balaban J connectivity index is 1.28. The molecule has 1 saturated heterocycles. The number of anilines is 1. The number of urea groups is 1. The van der Waals surface area contributed by atoms with Crippen LogP contribution in [0.2, 0.25) is 0 Å². The Morgan fingerprint density at radius 1 is 1.10 bits per heavy atom. The van der Waals surface area contributed by atoms with Crippen molar-refractivity contribution in [1.29, 1.82) is 0 Å². The zero-order valence-electron chi connectivity index (χ0n) is 17.8. The number of rotatable bonds is 5. The number of nitrogens with one attached hydrogen (secondary N) is 2. The van der Waals surface area contributed by atoms with Crippen molar-refractivity contribution in [3.05, 3.63) is 48.0 Å². The van der Waals surface area contributed by atoms with Crippen LogP contribution in [0.4, 0.5) is 10.5 Å². The Kier molecular flexibility index (Phi) is 6.27. The zero-order chi connectivity index (χ0) is 21.8. The van der Waals surface area contributed by atoms with Gasteiger partial charge in [-0.05, 0) is 55.0 Å². The van der Waals surface area contributed by atoms with Crippen LogP contribution in [0, 0.1) is 5.41 Å². The molecule has 2 aromatic carbocycles. The van der Waals surface area contributed by atoms with Gasteiger partial charge in [-0.2, -0.15) is 0 Å². The molecule has 2 N–H and O–H groups in total. The number of ether oxygens (including phenoxy) is 2. The Bertz CT molecular complexity index is 973. The van der Waals surface area contributed by atoms with E-state index in [0.717, 1.165) is 21.9 Å². The maximum absolute atomic E-state index is 12.9. The average Bonchev–Trinajstić information content (AvgIpc) is 3.26. The number of likely N-dealkylation sites (tertiary alicyclic amines) is 1. The van der Waals surface area contributed by atoms with Crippen molar-refractivity contribution in [3.8, 4) is 11.5 Å². The van der Waals surface area contributed by atoms with Gasteiger partial charge in [0.15, 0.2) is 11.5 Å². The molecule has 0 radical (unpaired) electrons. The summed E-state index contributed by atoms with van der Waals surface area (Å²) in [5, 5.41) is 6.00. The molecule has 2 heterocycles. The molecule has 0 atom stereocenters. The highest BCUT2D eigenvalue weighted by atomic mass is 32.2. The molecular formula is C23H27N3O4S. The first-order valence-electron chi connectivity index (χ1n) is 10.3. The van der Waals surface area contributed by atoms with Gasteiger partial charge in [-0.1, -0.05) is 19.1 Å². The average molecular weight is 442 g/mol. The van der Waals surface area contributed by atoms with Crippen molar-refractivity contribution in [2.24, 2.45) is 5.41 Å². The summed E-state index contributed by atoms with van der Waals surface area (Å²) >= 11 is 1.63. The van der Waals surface area contributed by atoms with Gasteiger partial charge >= 0.3 is 6.03 Å². The van der Waals surface area contributed by atoms with E-state index < -0.39 is 5.41 Å². The lowest BCUT2D eigenvalue weighted by molar-refractivity contribution is -0.132. The van der Waals surface area contributed by atoms with Gasteiger partial charge in [-0.15, -0.1) is 11.8 Å². The van der Waals surface area contributed by atoms with Crippen LogP contribution in [0.3, 0.4) is 0 Å². The number of hydrogen-bond acceptors (Lipinski definition) is 5. The van der Waals surface area contributed by atoms with Gasteiger partial charge in [0, 0.05) is 35.6 Å². The maximum atomic E-state index is 12.9. The molecule has 7 nitrogen and oxygen atoms in total. The molecule has 8 heteroatoms. The predicted octanol–water partition coefficient (Wildman–Crippen LogP) is 4.09. The minimum atomic E-state index is -0.494. The third kappa shape index (κ3) is 4.90. The number of hydrogen-bond donors (Lipinski definition) is 2. The number of carbonyl (C=O) groups excluding carboxylic acids is 2.